The summed E-state index contributed by atoms with van der Waals surface area (Å²) in [6.45, 7) is 6.58. The molecular weight excluding hydrogens is 577 g/mol. The van der Waals surface area contributed by atoms with Crippen molar-refractivity contribution in [1.29, 1.82) is 0 Å². The molecule has 2 amide bonds. The van der Waals surface area contributed by atoms with Crippen LogP contribution < -0.4 is 9.80 Å². The summed E-state index contributed by atoms with van der Waals surface area (Å²) in [5.41, 5.74) is 0.595. The highest BCUT2D eigenvalue weighted by Crippen LogP contribution is 2.60. The summed E-state index contributed by atoms with van der Waals surface area (Å²) in [6, 6.07) is 5.42. The molecule has 0 bridgehead atoms. The van der Waals surface area contributed by atoms with E-state index < -0.39 is 37.7 Å². The van der Waals surface area contributed by atoms with Crippen LogP contribution in [0.5, 0.6) is 0 Å². The van der Waals surface area contributed by atoms with Gasteiger partial charge in [-0.25, -0.2) is 4.79 Å². The van der Waals surface area contributed by atoms with Crippen LogP contribution >= 0.6 is 0 Å². The Hall–Kier alpha value is -3.36. The van der Waals surface area contributed by atoms with Gasteiger partial charge in [-0.2, -0.15) is 0 Å². The van der Waals surface area contributed by atoms with E-state index in [0.29, 0.717) is 67.9 Å². The minimum Gasteiger partial charge on any atom is -0.469 e. The number of methoxy groups -OCH3 is 1. The fourth-order valence-electron chi connectivity index (χ4n) is 6.90. The monoisotopic (exact) mass is 617 g/mol. The molecule has 1 spiro atoms. The lowest BCUT2D eigenvalue weighted by Gasteiger charge is -2.31. The second kappa shape index (κ2) is 12.3. The average molecular weight is 618 g/mol. The lowest BCUT2D eigenvalue weighted by molar-refractivity contribution is -0.146. The normalized spacial score (nSPS) is 25.1. The summed E-state index contributed by atoms with van der Waals surface area (Å²) in [6.07, 6.45) is 2.88. The number of cyclic esters (lactones) is 1. The maximum absolute atomic E-state index is 16.2. The third-order valence-electron chi connectivity index (χ3n) is 8.85. The Bertz CT molecular complexity index is 1370. The van der Waals surface area contributed by atoms with E-state index in [0.717, 1.165) is 0 Å². The molecule has 1 aromatic heterocycles. The molecule has 0 aliphatic carbocycles. The SMILES string of the molecule is COC(=O)CCCCN1C(=O)[C@@]2(O[C@@H](CCn3cc(CCO)nn3)[C@H]([Si](C)(C)F)[C@H]2C)c2cc(N3CCOC3=O)ccc21. The molecule has 234 valence electrons. The average Bonchev–Trinajstić information content (AvgIpc) is 3.72. The number of esters is 1. The van der Waals surface area contributed by atoms with E-state index in [2.05, 4.69) is 10.3 Å². The number of halogens is 1. The van der Waals surface area contributed by atoms with Gasteiger partial charge in [-0.05, 0) is 50.6 Å². The molecule has 0 radical (unpaired) electrons. The zero-order valence-electron chi connectivity index (χ0n) is 25.1. The van der Waals surface area contributed by atoms with Crippen molar-refractivity contribution in [2.45, 2.75) is 75.9 Å². The van der Waals surface area contributed by atoms with E-state index in [-0.39, 0.29) is 31.5 Å². The Kier molecular flexibility index (Phi) is 8.91. The molecule has 3 aliphatic heterocycles. The summed E-state index contributed by atoms with van der Waals surface area (Å²) in [4.78, 5) is 41.8. The first kappa shape index (κ1) is 31.1. The fraction of sp³-hybridized carbons (Fsp3) is 0.621. The van der Waals surface area contributed by atoms with E-state index in [1.54, 1.807) is 34.9 Å². The second-order valence-corrected chi connectivity index (χ2v) is 15.8. The molecule has 0 unspecified atom stereocenters. The molecular formula is C29H40FN5O7Si. The number of nitrogens with zero attached hydrogens (tertiary/aromatic N) is 5. The van der Waals surface area contributed by atoms with Crippen molar-refractivity contribution < 1.29 is 37.8 Å². The van der Waals surface area contributed by atoms with Crippen molar-refractivity contribution in [2.24, 2.45) is 5.92 Å². The van der Waals surface area contributed by atoms with Gasteiger partial charge in [0.2, 0.25) is 8.41 Å². The fourth-order valence-corrected chi connectivity index (χ4v) is 9.44. The number of unbranched alkanes of at least 4 members (excludes halogenated alkanes) is 1. The number of ether oxygens (including phenoxy) is 3. The highest BCUT2D eigenvalue weighted by Gasteiger charge is 2.66. The van der Waals surface area contributed by atoms with Crippen LogP contribution in [0.25, 0.3) is 0 Å². The molecule has 2 aromatic rings. The van der Waals surface area contributed by atoms with Gasteiger partial charge in [0.05, 0.1) is 31.1 Å². The summed E-state index contributed by atoms with van der Waals surface area (Å²) in [7, 11) is -2.03. The van der Waals surface area contributed by atoms with Crippen molar-refractivity contribution in [3.63, 3.8) is 0 Å². The number of aryl methyl sites for hydroxylation is 1. The maximum Gasteiger partial charge on any atom is 0.414 e. The number of hydrogen-bond donors (Lipinski definition) is 1. The highest BCUT2D eigenvalue weighted by atomic mass is 28.4. The van der Waals surface area contributed by atoms with Gasteiger partial charge < -0.3 is 28.3 Å². The van der Waals surface area contributed by atoms with Crippen LogP contribution in [0, 0.1) is 5.92 Å². The van der Waals surface area contributed by atoms with E-state index in [9.17, 15) is 19.5 Å². The highest BCUT2D eigenvalue weighted by molar-refractivity contribution is 6.72. The minimum absolute atomic E-state index is 0.0357. The van der Waals surface area contributed by atoms with E-state index in [4.69, 9.17) is 14.2 Å². The summed E-state index contributed by atoms with van der Waals surface area (Å²) >= 11 is 0. The summed E-state index contributed by atoms with van der Waals surface area (Å²) in [5.74, 6) is -1.06. The van der Waals surface area contributed by atoms with Gasteiger partial charge >= 0.3 is 12.1 Å². The number of rotatable bonds is 12. The number of carbonyl (C=O) groups excluding carboxylic acids is 3. The number of carbonyl (C=O) groups is 3. The standard InChI is InChI=1S/C29H40FN5O7Si/c1-19-26(43(3,4)30)24(10-13-33-18-20(11-15-36)31-32-33)42-29(19)22-17-21(34-14-16-41-28(34)39)8-9-23(22)35(27(29)38)12-6-5-7-25(37)40-2/h8-9,17-19,24,26,36H,5-7,10-16H2,1-4H3/t19-,24+,26-,29+/m1/s1. The Morgan fingerprint density at radius 1 is 1.26 bits per heavy atom. The Morgan fingerprint density at radius 2 is 2.05 bits per heavy atom. The number of fused-ring (bicyclic) bond motifs is 2. The van der Waals surface area contributed by atoms with E-state index in [1.165, 1.54) is 12.0 Å². The number of aliphatic hydroxyl groups is 1. The van der Waals surface area contributed by atoms with Crippen LogP contribution in [-0.4, -0.2) is 86.0 Å². The first-order valence-corrected chi connectivity index (χ1v) is 17.8. The molecule has 12 nitrogen and oxygen atoms in total. The van der Waals surface area contributed by atoms with Gasteiger partial charge in [-0.15, -0.1) is 5.10 Å². The van der Waals surface area contributed by atoms with Crippen LogP contribution in [0.1, 0.15) is 43.9 Å². The third kappa shape index (κ3) is 5.79. The van der Waals surface area contributed by atoms with Crippen molar-refractivity contribution in [2.75, 3.05) is 43.2 Å². The van der Waals surface area contributed by atoms with Gasteiger partial charge in [0.15, 0.2) is 5.60 Å². The van der Waals surface area contributed by atoms with Crippen molar-refractivity contribution in [3.8, 4) is 0 Å². The number of aromatic nitrogens is 3. The predicted molar refractivity (Wildman–Crippen MR) is 157 cm³/mol. The molecule has 1 aromatic carbocycles. The van der Waals surface area contributed by atoms with Gasteiger partial charge in [-0.3, -0.25) is 19.2 Å². The summed E-state index contributed by atoms with van der Waals surface area (Å²) in [5, 5.41) is 17.4. The minimum atomic E-state index is -3.37. The molecule has 43 heavy (non-hydrogen) atoms. The molecule has 3 aliphatic rings. The molecule has 5 rings (SSSR count). The van der Waals surface area contributed by atoms with Gasteiger partial charge in [0, 0.05) is 61.4 Å². The van der Waals surface area contributed by atoms with Crippen LogP contribution in [0.4, 0.5) is 20.3 Å². The number of anilines is 2. The predicted octanol–water partition coefficient (Wildman–Crippen LogP) is 3.32. The topological polar surface area (TPSA) is 136 Å². The van der Waals surface area contributed by atoms with Crippen LogP contribution in [0.3, 0.4) is 0 Å². The molecule has 2 saturated heterocycles. The van der Waals surface area contributed by atoms with Crippen molar-refractivity contribution in [3.05, 3.63) is 35.7 Å². The van der Waals surface area contributed by atoms with Crippen LogP contribution in [-0.2, 0) is 42.4 Å². The summed E-state index contributed by atoms with van der Waals surface area (Å²) < 4.78 is 34.5. The van der Waals surface area contributed by atoms with E-state index >= 15 is 4.11 Å². The Labute approximate surface area is 251 Å². The lowest BCUT2D eigenvalue weighted by Crippen LogP contribution is -2.45. The van der Waals surface area contributed by atoms with Crippen molar-refractivity contribution >= 4 is 37.8 Å². The molecule has 4 heterocycles. The van der Waals surface area contributed by atoms with Crippen LogP contribution in [0.15, 0.2) is 24.4 Å². The number of aliphatic hydroxyl groups excluding tert-OH is 1. The van der Waals surface area contributed by atoms with Crippen molar-refractivity contribution in [1.82, 2.24) is 15.0 Å². The number of hydrogen-bond acceptors (Lipinski definition) is 9. The number of amides is 2. The molecule has 0 saturated carbocycles. The Balaban J connectivity index is 1.49. The first-order chi connectivity index (χ1) is 20.5. The zero-order valence-corrected chi connectivity index (χ0v) is 26.1. The van der Waals surface area contributed by atoms with Gasteiger partial charge in [-0.1, -0.05) is 12.1 Å². The molecule has 1 N–H and O–H groups in total. The third-order valence-corrected chi connectivity index (χ3v) is 11.3. The smallest absolute Gasteiger partial charge is 0.414 e. The zero-order chi connectivity index (χ0) is 30.9. The second-order valence-electron chi connectivity index (χ2n) is 12.0. The Morgan fingerprint density at radius 3 is 2.72 bits per heavy atom. The van der Waals surface area contributed by atoms with E-state index in [1.807, 2.05) is 19.1 Å². The molecule has 2 fully saturated rings. The molecule has 14 heteroatoms. The van der Waals surface area contributed by atoms with Gasteiger partial charge in [0.25, 0.3) is 5.91 Å². The molecule has 4 atom stereocenters. The quantitative estimate of drug-likeness (QED) is 0.165. The lowest BCUT2D eigenvalue weighted by atomic mass is 9.82. The maximum atomic E-state index is 16.2. The first-order valence-electron chi connectivity index (χ1n) is 14.9. The number of benzene rings is 1. The van der Waals surface area contributed by atoms with Gasteiger partial charge in [0.1, 0.15) is 6.61 Å². The largest absolute Gasteiger partial charge is 0.469 e. The van der Waals surface area contributed by atoms with Crippen LogP contribution in [0.2, 0.25) is 18.6 Å².